The van der Waals surface area contributed by atoms with E-state index < -0.39 is 0 Å². The molecule has 0 aliphatic rings. The van der Waals surface area contributed by atoms with Gasteiger partial charge in [-0.3, -0.25) is 0 Å². The van der Waals surface area contributed by atoms with Gasteiger partial charge in [-0.1, -0.05) is 31.0 Å². The molecule has 4 nitrogen and oxygen atoms in total. The normalized spacial score (nSPS) is 10.7. The van der Waals surface area contributed by atoms with Crippen molar-refractivity contribution in [1.29, 1.82) is 0 Å². The summed E-state index contributed by atoms with van der Waals surface area (Å²) in [5, 5.41) is 11.6. The van der Waals surface area contributed by atoms with Crippen LogP contribution in [0.5, 0.6) is 11.5 Å². The lowest BCUT2D eigenvalue weighted by Crippen LogP contribution is -2.02. The molecule has 0 aliphatic heterocycles. The van der Waals surface area contributed by atoms with Crippen LogP contribution in [0.15, 0.2) is 23.4 Å². The van der Waals surface area contributed by atoms with Crippen molar-refractivity contribution >= 4 is 6.21 Å². The molecule has 0 aliphatic carbocycles. The van der Waals surface area contributed by atoms with Crippen LogP contribution >= 0.6 is 0 Å². The average molecular weight is 237 g/mol. The molecule has 0 spiro atoms. The number of ether oxygens (including phenoxy) is 2. The van der Waals surface area contributed by atoms with E-state index in [0.717, 1.165) is 19.3 Å². The van der Waals surface area contributed by atoms with E-state index in [9.17, 15) is 0 Å². The first-order chi connectivity index (χ1) is 8.33. The van der Waals surface area contributed by atoms with E-state index in [4.69, 9.17) is 14.7 Å². The van der Waals surface area contributed by atoms with E-state index in [1.165, 1.54) is 6.21 Å². The zero-order valence-corrected chi connectivity index (χ0v) is 10.3. The summed E-state index contributed by atoms with van der Waals surface area (Å²) in [4.78, 5) is 0. The summed E-state index contributed by atoms with van der Waals surface area (Å²) < 4.78 is 10.9. The Labute approximate surface area is 102 Å². The Morgan fingerprint density at radius 3 is 2.82 bits per heavy atom. The number of methoxy groups -OCH3 is 1. The molecule has 0 saturated heterocycles. The maximum Gasteiger partial charge on any atom is 0.170 e. The van der Waals surface area contributed by atoms with Crippen molar-refractivity contribution in [3.63, 3.8) is 0 Å². The number of benzene rings is 1. The van der Waals surface area contributed by atoms with Gasteiger partial charge >= 0.3 is 0 Å². The van der Waals surface area contributed by atoms with Crippen molar-refractivity contribution in [2.45, 2.75) is 26.2 Å². The molecular weight excluding hydrogens is 218 g/mol. The molecule has 0 fully saturated rings. The fraction of sp³-hybridized carbons (Fsp3) is 0.462. The first-order valence-electron chi connectivity index (χ1n) is 5.80. The summed E-state index contributed by atoms with van der Waals surface area (Å²) in [6.45, 7) is 2.79. The van der Waals surface area contributed by atoms with Gasteiger partial charge in [-0.05, 0) is 18.6 Å². The van der Waals surface area contributed by atoms with Gasteiger partial charge in [0.1, 0.15) is 0 Å². The maximum atomic E-state index is 8.59. The summed E-state index contributed by atoms with van der Waals surface area (Å²) in [6, 6.07) is 5.47. The standard InChI is InChI=1S/C13H19NO3/c1-3-4-5-9-17-13-11(10-14-15)7-6-8-12(13)16-2/h6-8,10,15H,3-5,9H2,1-2H3. The number of oxime groups is 1. The Morgan fingerprint density at radius 2 is 2.18 bits per heavy atom. The van der Waals surface area contributed by atoms with Crippen molar-refractivity contribution in [2.75, 3.05) is 13.7 Å². The van der Waals surface area contributed by atoms with Crippen LogP contribution in [0.2, 0.25) is 0 Å². The van der Waals surface area contributed by atoms with Crippen molar-refractivity contribution in [3.05, 3.63) is 23.8 Å². The van der Waals surface area contributed by atoms with E-state index in [0.29, 0.717) is 23.7 Å². The van der Waals surface area contributed by atoms with E-state index in [1.54, 1.807) is 7.11 Å². The van der Waals surface area contributed by atoms with E-state index in [1.807, 2.05) is 18.2 Å². The highest BCUT2D eigenvalue weighted by molar-refractivity contribution is 5.84. The quantitative estimate of drug-likeness (QED) is 0.343. The number of hydrogen-bond donors (Lipinski definition) is 1. The molecule has 1 aromatic rings. The average Bonchev–Trinajstić information content (AvgIpc) is 2.36. The lowest BCUT2D eigenvalue weighted by molar-refractivity contribution is 0.285. The lowest BCUT2D eigenvalue weighted by atomic mass is 10.2. The van der Waals surface area contributed by atoms with Crippen LogP contribution < -0.4 is 9.47 Å². The number of unbranched alkanes of at least 4 members (excludes halogenated alkanes) is 2. The zero-order valence-electron chi connectivity index (χ0n) is 10.3. The fourth-order valence-corrected chi connectivity index (χ4v) is 1.54. The Morgan fingerprint density at radius 1 is 1.35 bits per heavy atom. The van der Waals surface area contributed by atoms with Crippen LogP contribution in [-0.2, 0) is 0 Å². The number of rotatable bonds is 7. The minimum atomic E-state index is 0.629. The number of hydrogen-bond acceptors (Lipinski definition) is 4. The maximum absolute atomic E-state index is 8.59. The van der Waals surface area contributed by atoms with Crippen molar-refractivity contribution in [1.82, 2.24) is 0 Å². The highest BCUT2D eigenvalue weighted by Gasteiger charge is 2.08. The summed E-state index contributed by atoms with van der Waals surface area (Å²) in [7, 11) is 1.59. The third-order valence-corrected chi connectivity index (χ3v) is 2.42. The summed E-state index contributed by atoms with van der Waals surface area (Å²) >= 11 is 0. The van der Waals surface area contributed by atoms with Crippen LogP contribution in [0, 0.1) is 0 Å². The summed E-state index contributed by atoms with van der Waals surface area (Å²) in [5.41, 5.74) is 0.711. The van der Waals surface area contributed by atoms with Gasteiger partial charge in [0.05, 0.1) is 19.9 Å². The van der Waals surface area contributed by atoms with Crippen molar-refractivity contribution in [2.24, 2.45) is 5.16 Å². The minimum absolute atomic E-state index is 0.629. The number of nitrogens with zero attached hydrogens (tertiary/aromatic N) is 1. The molecule has 0 saturated carbocycles. The smallest absolute Gasteiger partial charge is 0.170 e. The van der Waals surface area contributed by atoms with Gasteiger partial charge in [-0.15, -0.1) is 0 Å². The first kappa shape index (κ1) is 13.4. The minimum Gasteiger partial charge on any atom is -0.493 e. The van der Waals surface area contributed by atoms with Crippen molar-refractivity contribution in [3.8, 4) is 11.5 Å². The van der Waals surface area contributed by atoms with Crippen LogP contribution in [0.1, 0.15) is 31.7 Å². The topological polar surface area (TPSA) is 51.0 Å². The Balaban J connectivity index is 2.77. The Bertz CT molecular complexity index is 364. The van der Waals surface area contributed by atoms with Gasteiger partial charge in [0.2, 0.25) is 0 Å². The molecule has 0 atom stereocenters. The Hall–Kier alpha value is -1.71. The Kier molecular flexibility index (Phi) is 5.93. The van der Waals surface area contributed by atoms with E-state index in [2.05, 4.69) is 12.1 Å². The van der Waals surface area contributed by atoms with Gasteiger partial charge < -0.3 is 14.7 Å². The highest BCUT2D eigenvalue weighted by Crippen LogP contribution is 2.30. The lowest BCUT2D eigenvalue weighted by Gasteiger charge is -2.12. The van der Waals surface area contributed by atoms with Gasteiger partial charge in [0.25, 0.3) is 0 Å². The molecule has 17 heavy (non-hydrogen) atoms. The zero-order chi connectivity index (χ0) is 12.5. The molecule has 94 valence electrons. The molecule has 0 radical (unpaired) electrons. The van der Waals surface area contributed by atoms with E-state index >= 15 is 0 Å². The molecular formula is C13H19NO3. The molecule has 0 bridgehead atoms. The van der Waals surface area contributed by atoms with E-state index in [-0.39, 0.29) is 0 Å². The highest BCUT2D eigenvalue weighted by atomic mass is 16.5. The van der Waals surface area contributed by atoms with Gasteiger partial charge in [-0.2, -0.15) is 0 Å². The first-order valence-corrected chi connectivity index (χ1v) is 5.80. The molecule has 1 rings (SSSR count). The molecule has 1 aromatic carbocycles. The molecule has 0 heterocycles. The third-order valence-electron chi connectivity index (χ3n) is 2.42. The predicted molar refractivity (Wildman–Crippen MR) is 67.4 cm³/mol. The molecule has 4 heteroatoms. The van der Waals surface area contributed by atoms with Gasteiger partial charge in [-0.25, -0.2) is 0 Å². The summed E-state index contributed by atoms with van der Waals surface area (Å²) in [5.74, 6) is 1.28. The summed E-state index contributed by atoms with van der Waals surface area (Å²) in [6.07, 6.45) is 4.64. The van der Waals surface area contributed by atoms with Crippen molar-refractivity contribution < 1.29 is 14.7 Å². The second kappa shape index (κ2) is 7.54. The second-order valence-electron chi connectivity index (χ2n) is 3.68. The van der Waals surface area contributed by atoms with Crippen LogP contribution in [-0.4, -0.2) is 25.1 Å². The predicted octanol–water partition coefficient (Wildman–Crippen LogP) is 3.07. The van der Waals surface area contributed by atoms with Gasteiger partial charge in [0.15, 0.2) is 11.5 Å². The molecule has 1 N–H and O–H groups in total. The SMILES string of the molecule is CCCCCOc1c(C=NO)cccc1OC. The van der Waals surface area contributed by atoms with Crippen LogP contribution in [0.3, 0.4) is 0 Å². The third kappa shape index (κ3) is 3.98. The van der Waals surface area contributed by atoms with Crippen LogP contribution in [0.25, 0.3) is 0 Å². The number of para-hydroxylation sites is 1. The monoisotopic (exact) mass is 237 g/mol. The molecule has 0 unspecified atom stereocenters. The van der Waals surface area contributed by atoms with Crippen LogP contribution in [0.4, 0.5) is 0 Å². The van der Waals surface area contributed by atoms with Gasteiger partial charge in [0, 0.05) is 5.56 Å². The fourth-order valence-electron chi connectivity index (χ4n) is 1.54. The molecule has 0 amide bonds. The largest absolute Gasteiger partial charge is 0.493 e. The molecule has 0 aromatic heterocycles. The second-order valence-corrected chi connectivity index (χ2v) is 3.68.